The third-order valence-electron chi connectivity index (χ3n) is 3.90. The molecule has 1 aliphatic heterocycles. The van der Waals surface area contributed by atoms with Gasteiger partial charge >= 0.3 is 0 Å². The van der Waals surface area contributed by atoms with Crippen LogP contribution in [0.2, 0.25) is 5.15 Å². The van der Waals surface area contributed by atoms with E-state index in [9.17, 15) is 9.18 Å². The number of likely N-dealkylation sites (tertiary alicyclic amines) is 1. The molecule has 0 radical (unpaired) electrons. The number of halogens is 2. The van der Waals surface area contributed by atoms with Gasteiger partial charge in [-0.1, -0.05) is 11.6 Å². The maximum Gasteiger partial charge on any atom is 0.254 e. The average Bonchev–Trinajstić information content (AvgIpc) is 2.56. The van der Waals surface area contributed by atoms with Crippen LogP contribution in [-0.4, -0.2) is 34.9 Å². The number of aromatic nitrogens is 1. The van der Waals surface area contributed by atoms with Gasteiger partial charge in [0.05, 0.1) is 0 Å². The van der Waals surface area contributed by atoms with Crippen LogP contribution in [0.3, 0.4) is 0 Å². The number of hydrogen-bond donors (Lipinski definition) is 1. The van der Waals surface area contributed by atoms with E-state index in [-0.39, 0.29) is 17.8 Å². The van der Waals surface area contributed by atoms with E-state index in [0.717, 1.165) is 25.1 Å². The summed E-state index contributed by atoms with van der Waals surface area (Å²) in [5.41, 5.74) is 1.41. The Bertz CT molecular complexity index is 692. The molecule has 6 heteroatoms. The van der Waals surface area contributed by atoms with Crippen molar-refractivity contribution >= 4 is 23.2 Å². The molecule has 1 atom stereocenters. The van der Waals surface area contributed by atoms with Crippen LogP contribution < -0.4 is 5.32 Å². The summed E-state index contributed by atoms with van der Waals surface area (Å²) in [6.45, 7) is 1.33. The fourth-order valence-electron chi connectivity index (χ4n) is 2.78. The number of amides is 1. The topological polar surface area (TPSA) is 45.2 Å². The molecule has 1 aromatic heterocycles. The Morgan fingerprint density at radius 3 is 2.83 bits per heavy atom. The molecule has 0 spiro atoms. The molecule has 2 heterocycles. The van der Waals surface area contributed by atoms with Crippen LogP contribution >= 0.6 is 11.6 Å². The quantitative estimate of drug-likeness (QED) is 0.873. The first-order valence-corrected chi connectivity index (χ1v) is 7.92. The summed E-state index contributed by atoms with van der Waals surface area (Å²) >= 11 is 5.85. The van der Waals surface area contributed by atoms with Crippen molar-refractivity contribution in [3.05, 3.63) is 59.1 Å². The third kappa shape index (κ3) is 3.99. The van der Waals surface area contributed by atoms with Crippen LogP contribution in [0.25, 0.3) is 0 Å². The number of carbonyl (C=O) groups excluding carboxylic acids is 1. The molecule has 120 valence electrons. The maximum atomic E-state index is 13.0. The van der Waals surface area contributed by atoms with E-state index in [4.69, 9.17) is 11.6 Å². The van der Waals surface area contributed by atoms with Gasteiger partial charge in [0.15, 0.2) is 0 Å². The molecule has 0 saturated carbocycles. The highest BCUT2D eigenvalue weighted by atomic mass is 35.5. The SMILES string of the molecule is O=C(c1ccnc(Cl)c1)N1CCC[C@H](Nc2ccc(F)cc2)C1. The number of hydrogen-bond acceptors (Lipinski definition) is 3. The number of nitrogens with one attached hydrogen (secondary N) is 1. The van der Waals surface area contributed by atoms with Crippen molar-refractivity contribution in [2.75, 3.05) is 18.4 Å². The smallest absolute Gasteiger partial charge is 0.254 e. The lowest BCUT2D eigenvalue weighted by Gasteiger charge is -2.33. The zero-order valence-corrected chi connectivity index (χ0v) is 13.3. The van der Waals surface area contributed by atoms with Gasteiger partial charge in [-0.15, -0.1) is 0 Å². The monoisotopic (exact) mass is 333 g/mol. The van der Waals surface area contributed by atoms with Gasteiger partial charge in [0.2, 0.25) is 0 Å². The third-order valence-corrected chi connectivity index (χ3v) is 4.10. The normalized spacial score (nSPS) is 17.8. The van der Waals surface area contributed by atoms with Crippen LogP contribution in [0.4, 0.5) is 10.1 Å². The van der Waals surface area contributed by atoms with E-state index >= 15 is 0 Å². The van der Waals surface area contributed by atoms with Gasteiger partial charge in [0, 0.05) is 36.6 Å². The van der Waals surface area contributed by atoms with E-state index in [0.29, 0.717) is 17.3 Å². The predicted octanol–water partition coefficient (Wildman–Crippen LogP) is 3.59. The van der Waals surface area contributed by atoms with Gasteiger partial charge in [-0.05, 0) is 49.2 Å². The molecule has 4 nitrogen and oxygen atoms in total. The molecule has 2 aromatic rings. The Morgan fingerprint density at radius 1 is 1.30 bits per heavy atom. The first-order valence-electron chi connectivity index (χ1n) is 7.55. The Kier molecular flexibility index (Phi) is 4.76. The molecule has 0 unspecified atom stereocenters. The van der Waals surface area contributed by atoms with E-state index in [1.54, 1.807) is 24.3 Å². The lowest BCUT2D eigenvalue weighted by Crippen LogP contribution is -2.45. The van der Waals surface area contributed by atoms with Gasteiger partial charge in [-0.25, -0.2) is 9.37 Å². The molecule has 1 amide bonds. The van der Waals surface area contributed by atoms with Gasteiger partial charge in [0.1, 0.15) is 11.0 Å². The molecule has 1 N–H and O–H groups in total. The Balaban J connectivity index is 1.66. The lowest BCUT2D eigenvalue weighted by atomic mass is 10.0. The largest absolute Gasteiger partial charge is 0.381 e. The first-order chi connectivity index (χ1) is 11.1. The maximum absolute atomic E-state index is 13.0. The zero-order chi connectivity index (χ0) is 16.2. The van der Waals surface area contributed by atoms with Crippen LogP contribution in [0, 0.1) is 5.82 Å². The standard InChI is InChI=1S/C17H17ClFN3O/c18-16-10-12(7-8-20-16)17(23)22-9-1-2-15(11-22)21-14-5-3-13(19)4-6-14/h3-8,10,15,21H,1-2,9,11H2/t15-/m0/s1. The summed E-state index contributed by atoms with van der Waals surface area (Å²) in [4.78, 5) is 18.3. The predicted molar refractivity (Wildman–Crippen MR) is 88.2 cm³/mol. The number of nitrogens with zero attached hydrogens (tertiary/aromatic N) is 2. The van der Waals surface area contributed by atoms with E-state index in [2.05, 4.69) is 10.3 Å². The molecular formula is C17H17ClFN3O. The highest BCUT2D eigenvalue weighted by Gasteiger charge is 2.24. The van der Waals surface area contributed by atoms with Crippen molar-refractivity contribution in [1.29, 1.82) is 0 Å². The molecule has 1 aromatic carbocycles. The van der Waals surface area contributed by atoms with E-state index in [1.807, 2.05) is 4.90 Å². The van der Waals surface area contributed by atoms with Crippen molar-refractivity contribution in [2.45, 2.75) is 18.9 Å². The second-order valence-corrected chi connectivity index (χ2v) is 6.00. The number of anilines is 1. The van der Waals surface area contributed by atoms with E-state index < -0.39 is 0 Å². The molecule has 1 saturated heterocycles. The van der Waals surface area contributed by atoms with Crippen molar-refractivity contribution in [3.63, 3.8) is 0 Å². The first kappa shape index (κ1) is 15.7. The highest BCUT2D eigenvalue weighted by Crippen LogP contribution is 2.19. The minimum Gasteiger partial charge on any atom is -0.381 e. The summed E-state index contributed by atoms with van der Waals surface area (Å²) < 4.78 is 13.0. The summed E-state index contributed by atoms with van der Waals surface area (Å²) in [5, 5.41) is 3.67. The summed E-state index contributed by atoms with van der Waals surface area (Å²) in [5.74, 6) is -0.300. The Hall–Kier alpha value is -2.14. The van der Waals surface area contributed by atoms with Crippen LogP contribution in [0.5, 0.6) is 0 Å². The number of pyridine rings is 1. The zero-order valence-electron chi connectivity index (χ0n) is 12.5. The van der Waals surface area contributed by atoms with Crippen molar-refractivity contribution < 1.29 is 9.18 Å². The summed E-state index contributed by atoms with van der Waals surface area (Å²) in [6, 6.07) is 9.67. The fourth-order valence-corrected chi connectivity index (χ4v) is 2.95. The molecule has 1 fully saturated rings. The van der Waals surface area contributed by atoms with Gasteiger partial charge in [-0.2, -0.15) is 0 Å². The Morgan fingerprint density at radius 2 is 2.09 bits per heavy atom. The molecule has 0 aliphatic carbocycles. The summed E-state index contributed by atoms with van der Waals surface area (Å²) in [6.07, 6.45) is 3.43. The van der Waals surface area contributed by atoms with E-state index in [1.165, 1.54) is 18.3 Å². The van der Waals surface area contributed by atoms with Crippen molar-refractivity contribution in [3.8, 4) is 0 Å². The Labute approximate surface area is 139 Å². The highest BCUT2D eigenvalue weighted by molar-refractivity contribution is 6.29. The molecule has 0 bridgehead atoms. The number of benzene rings is 1. The molecule has 23 heavy (non-hydrogen) atoms. The number of piperidine rings is 1. The van der Waals surface area contributed by atoms with Crippen LogP contribution in [-0.2, 0) is 0 Å². The minimum absolute atomic E-state index is 0.0418. The van der Waals surface area contributed by atoms with Crippen LogP contribution in [0.1, 0.15) is 23.2 Å². The van der Waals surface area contributed by atoms with Gasteiger partial charge < -0.3 is 10.2 Å². The average molecular weight is 334 g/mol. The summed E-state index contributed by atoms with van der Waals surface area (Å²) in [7, 11) is 0. The van der Waals surface area contributed by atoms with Crippen LogP contribution in [0.15, 0.2) is 42.6 Å². The number of carbonyl (C=O) groups is 1. The second kappa shape index (κ2) is 6.96. The number of rotatable bonds is 3. The lowest BCUT2D eigenvalue weighted by molar-refractivity contribution is 0.0714. The second-order valence-electron chi connectivity index (χ2n) is 5.61. The molecule has 1 aliphatic rings. The van der Waals surface area contributed by atoms with Crippen molar-refractivity contribution in [1.82, 2.24) is 9.88 Å². The van der Waals surface area contributed by atoms with Gasteiger partial charge in [-0.3, -0.25) is 4.79 Å². The van der Waals surface area contributed by atoms with Gasteiger partial charge in [0.25, 0.3) is 5.91 Å². The fraction of sp³-hybridized carbons (Fsp3) is 0.294. The molecule has 3 rings (SSSR count). The van der Waals surface area contributed by atoms with Crippen molar-refractivity contribution in [2.24, 2.45) is 0 Å². The minimum atomic E-state index is -0.259. The molecular weight excluding hydrogens is 317 g/mol.